The highest BCUT2D eigenvalue weighted by Gasteiger charge is 2.32. The van der Waals surface area contributed by atoms with Crippen molar-refractivity contribution in [1.29, 1.82) is 0 Å². The maximum absolute atomic E-state index is 12.2. The maximum atomic E-state index is 12.2. The number of carbonyl (C=O) groups excluding carboxylic acids is 1. The molecule has 2 aromatic rings. The molecule has 0 spiro atoms. The highest BCUT2D eigenvalue weighted by Crippen LogP contribution is 2.41. The standard InChI is InChI=1S/C16H20BrN3O3S/c1-8-13(17)10-7-22-11(6-12(21)23-16(3,4)5)14-19-18-9(2)20(14)15(10)24-8/h11H,6-7H2,1-5H3. The van der Waals surface area contributed by atoms with Crippen molar-refractivity contribution in [2.75, 3.05) is 0 Å². The fourth-order valence-corrected chi connectivity index (χ4v) is 4.43. The number of hydrogen-bond acceptors (Lipinski definition) is 6. The molecule has 0 aliphatic carbocycles. The number of carbonyl (C=O) groups is 1. The average molecular weight is 414 g/mol. The average Bonchev–Trinajstić information content (AvgIpc) is 2.90. The monoisotopic (exact) mass is 413 g/mol. The minimum Gasteiger partial charge on any atom is -0.460 e. The lowest BCUT2D eigenvalue weighted by atomic mass is 10.2. The van der Waals surface area contributed by atoms with Crippen LogP contribution < -0.4 is 0 Å². The van der Waals surface area contributed by atoms with Gasteiger partial charge in [0, 0.05) is 14.9 Å². The number of aryl methyl sites for hydroxylation is 2. The number of nitrogens with zero attached hydrogens (tertiary/aromatic N) is 3. The van der Waals surface area contributed by atoms with E-state index in [4.69, 9.17) is 9.47 Å². The van der Waals surface area contributed by atoms with Crippen molar-refractivity contribution in [2.45, 2.75) is 59.4 Å². The van der Waals surface area contributed by atoms with Crippen LogP contribution in [-0.2, 0) is 20.9 Å². The van der Waals surface area contributed by atoms with E-state index in [0.717, 1.165) is 20.9 Å². The zero-order chi connectivity index (χ0) is 17.6. The van der Waals surface area contributed by atoms with Gasteiger partial charge in [-0.05, 0) is 50.5 Å². The molecule has 1 aliphatic heterocycles. The number of ether oxygens (including phenoxy) is 2. The van der Waals surface area contributed by atoms with E-state index in [-0.39, 0.29) is 12.4 Å². The highest BCUT2D eigenvalue weighted by atomic mass is 79.9. The molecule has 0 fully saturated rings. The Morgan fingerprint density at radius 2 is 2.12 bits per heavy atom. The first kappa shape index (κ1) is 17.6. The number of esters is 1. The predicted molar refractivity (Wildman–Crippen MR) is 94.4 cm³/mol. The van der Waals surface area contributed by atoms with E-state index < -0.39 is 11.7 Å². The largest absolute Gasteiger partial charge is 0.460 e. The number of hydrogen-bond donors (Lipinski definition) is 0. The van der Waals surface area contributed by atoms with Crippen LogP contribution in [0.1, 0.15) is 55.4 Å². The number of rotatable bonds is 2. The Labute approximate surface area is 153 Å². The van der Waals surface area contributed by atoms with E-state index >= 15 is 0 Å². The van der Waals surface area contributed by atoms with Crippen molar-refractivity contribution in [1.82, 2.24) is 14.8 Å². The van der Waals surface area contributed by atoms with E-state index in [2.05, 4.69) is 33.1 Å². The van der Waals surface area contributed by atoms with Crippen molar-refractivity contribution < 1.29 is 14.3 Å². The Morgan fingerprint density at radius 1 is 1.42 bits per heavy atom. The minimum absolute atomic E-state index is 0.112. The van der Waals surface area contributed by atoms with E-state index in [1.54, 1.807) is 11.3 Å². The summed E-state index contributed by atoms with van der Waals surface area (Å²) in [6, 6.07) is 0. The molecule has 3 heterocycles. The van der Waals surface area contributed by atoms with Crippen LogP contribution in [0.25, 0.3) is 5.00 Å². The summed E-state index contributed by atoms with van der Waals surface area (Å²) in [5.74, 6) is 1.12. The molecule has 1 aliphatic rings. The summed E-state index contributed by atoms with van der Waals surface area (Å²) in [6.45, 7) is 9.92. The first-order valence-corrected chi connectivity index (χ1v) is 9.32. The van der Waals surface area contributed by atoms with E-state index in [0.29, 0.717) is 12.4 Å². The smallest absolute Gasteiger partial charge is 0.309 e. The molecule has 130 valence electrons. The van der Waals surface area contributed by atoms with Gasteiger partial charge < -0.3 is 9.47 Å². The van der Waals surface area contributed by atoms with Crippen molar-refractivity contribution in [3.05, 3.63) is 26.6 Å². The summed E-state index contributed by atoms with van der Waals surface area (Å²) in [5, 5.41) is 9.48. The molecule has 2 aromatic heterocycles. The lowest BCUT2D eigenvalue weighted by Gasteiger charge is -2.21. The Morgan fingerprint density at radius 3 is 2.79 bits per heavy atom. The van der Waals surface area contributed by atoms with Gasteiger partial charge in [-0.2, -0.15) is 0 Å². The summed E-state index contributed by atoms with van der Waals surface area (Å²) < 4.78 is 14.4. The van der Waals surface area contributed by atoms with Crippen LogP contribution in [0.2, 0.25) is 0 Å². The fourth-order valence-electron chi connectivity index (χ4n) is 2.64. The minimum atomic E-state index is -0.524. The van der Waals surface area contributed by atoms with E-state index in [1.165, 1.54) is 4.88 Å². The second-order valence-corrected chi connectivity index (χ2v) is 8.78. The van der Waals surface area contributed by atoms with Gasteiger partial charge in [0.25, 0.3) is 0 Å². The molecule has 0 bridgehead atoms. The van der Waals surface area contributed by atoms with Gasteiger partial charge in [-0.25, -0.2) is 0 Å². The second kappa shape index (κ2) is 6.24. The molecule has 0 radical (unpaired) electrons. The van der Waals surface area contributed by atoms with Crippen LogP contribution in [-0.4, -0.2) is 26.3 Å². The molecular formula is C16H20BrN3O3S. The number of thiophene rings is 1. The molecule has 1 unspecified atom stereocenters. The molecule has 0 amide bonds. The molecule has 1 atom stereocenters. The van der Waals surface area contributed by atoms with Crippen LogP contribution in [0.15, 0.2) is 4.47 Å². The van der Waals surface area contributed by atoms with Crippen LogP contribution in [0.5, 0.6) is 0 Å². The molecule has 0 aromatic carbocycles. The molecule has 0 saturated heterocycles. The summed E-state index contributed by atoms with van der Waals surface area (Å²) in [6.07, 6.45) is -0.367. The lowest BCUT2D eigenvalue weighted by Crippen LogP contribution is -2.25. The molecule has 0 N–H and O–H groups in total. The number of aromatic nitrogens is 3. The summed E-state index contributed by atoms with van der Waals surface area (Å²) in [7, 11) is 0. The first-order chi connectivity index (χ1) is 11.2. The van der Waals surface area contributed by atoms with Crippen LogP contribution in [0, 0.1) is 13.8 Å². The molecule has 24 heavy (non-hydrogen) atoms. The molecule has 6 nitrogen and oxygen atoms in total. The van der Waals surface area contributed by atoms with E-state index in [9.17, 15) is 4.79 Å². The quantitative estimate of drug-likeness (QED) is 0.695. The second-order valence-electron chi connectivity index (χ2n) is 6.79. The lowest BCUT2D eigenvalue weighted by molar-refractivity contribution is -0.158. The van der Waals surface area contributed by atoms with Gasteiger partial charge >= 0.3 is 5.97 Å². The Balaban J connectivity index is 1.96. The fraction of sp³-hybridized carbons (Fsp3) is 0.562. The van der Waals surface area contributed by atoms with Crippen LogP contribution in [0.3, 0.4) is 0 Å². The highest BCUT2D eigenvalue weighted by molar-refractivity contribution is 9.10. The van der Waals surface area contributed by atoms with Gasteiger partial charge in [-0.3, -0.25) is 9.36 Å². The van der Waals surface area contributed by atoms with Crippen molar-refractivity contribution >= 4 is 33.2 Å². The number of halogens is 1. The molecule has 3 rings (SSSR count). The van der Waals surface area contributed by atoms with Gasteiger partial charge in [0.15, 0.2) is 5.82 Å². The van der Waals surface area contributed by atoms with Crippen LogP contribution >= 0.6 is 27.3 Å². The Kier molecular flexibility index (Phi) is 4.57. The van der Waals surface area contributed by atoms with E-state index in [1.807, 2.05) is 32.3 Å². The van der Waals surface area contributed by atoms with Gasteiger partial charge in [-0.1, -0.05) is 0 Å². The predicted octanol–water partition coefficient (Wildman–Crippen LogP) is 4.01. The first-order valence-electron chi connectivity index (χ1n) is 7.71. The Hall–Kier alpha value is -1.25. The third-order valence-corrected chi connectivity index (χ3v) is 6.09. The van der Waals surface area contributed by atoms with Crippen LogP contribution in [0.4, 0.5) is 0 Å². The zero-order valence-corrected chi connectivity index (χ0v) is 16.7. The Bertz CT molecular complexity index is 791. The summed E-state index contributed by atoms with van der Waals surface area (Å²) >= 11 is 5.29. The zero-order valence-electron chi connectivity index (χ0n) is 14.3. The van der Waals surface area contributed by atoms with Crippen molar-refractivity contribution in [3.8, 4) is 5.00 Å². The normalized spacial score (nSPS) is 17.2. The third-order valence-electron chi connectivity index (χ3n) is 3.62. The summed E-state index contributed by atoms with van der Waals surface area (Å²) in [5.41, 5.74) is 0.540. The molecule has 8 heteroatoms. The topological polar surface area (TPSA) is 66.2 Å². The summed E-state index contributed by atoms with van der Waals surface area (Å²) in [4.78, 5) is 13.4. The SMILES string of the molecule is Cc1sc2c(c1Br)COC(CC(=O)OC(C)(C)C)c1nnc(C)n1-2. The maximum Gasteiger partial charge on any atom is 0.309 e. The van der Waals surface area contributed by atoms with Gasteiger partial charge in [0.1, 0.15) is 22.5 Å². The van der Waals surface area contributed by atoms with Gasteiger partial charge in [0.2, 0.25) is 0 Å². The van der Waals surface area contributed by atoms with Gasteiger partial charge in [0.05, 0.1) is 13.0 Å². The van der Waals surface area contributed by atoms with Crippen molar-refractivity contribution in [3.63, 3.8) is 0 Å². The van der Waals surface area contributed by atoms with Crippen molar-refractivity contribution in [2.24, 2.45) is 0 Å². The molecular weight excluding hydrogens is 394 g/mol. The third kappa shape index (κ3) is 3.27. The van der Waals surface area contributed by atoms with Gasteiger partial charge in [-0.15, -0.1) is 21.5 Å². The molecule has 0 saturated carbocycles. The number of fused-ring (bicyclic) bond motifs is 3.